The standard InChI is InChI=1S/C31H37F2N3O3/c1-20-3-2-4-27-28(16-34-31(20)27)26-9-10-35(17-23(26)19-37)18-29(38)22-7-11-36(12-8-22)30(39)6-5-21-13-24(32)15-25(33)14-21/h2-6,13-16,22-23,26,29,34,37-38H,7-12,17-19H2,1H3/b6-5+/t23-,26+,29?/m0/s1. The molecule has 2 saturated heterocycles. The largest absolute Gasteiger partial charge is 0.396 e. The first kappa shape index (κ1) is 27.5. The number of amides is 1. The molecule has 39 heavy (non-hydrogen) atoms. The van der Waals surface area contributed by atoms with Crippen molar-refractivity contribution in [3.05, 3.63) is 77.0 Å². The molecule has 0 aliphatic carbocycles. The number of piperidine rings is 2. The quantitative estimate of drug-likeness (QED) is 0.389. The van der Waals surface area contributed by atoms with E-state index in [1.54, 1.807) is 4.90 Å². The molecule has 8 heteroatoms. The van der Waals surface area contributed by atoms with Crippen LogP contribution >= 0.6 is 0 Å². The summed E-state index contributed by atoms with van der Waals surface area (Å²) >= 11 is 0. The fourth-order valence-corrected chi connectivity index (χ4v) is 6.36. The zero-order valence-electron chi connectivity index (χ0n) is 22.3. The lowest BCUT2D eigenvalue weighted by molar-refractivity contribution is -0.128. The summed E-state index contributed by atoms with van der Waals surface area (Å²) in [6, 6.07) is 9.48. The maximum atomic E-state index is 13.4. The lowest BCUT2D eigenvalue weighted by Crippen LogP contribution is -2.47. The van der Waals surface area contributed by atoms with Crippen molar-refractivity contribution in [3.8, 4) is 0 Å². The number of aromatic nitrogens is 1. The van der Waals surface area contributed by atoms with E-state index in [0.29, 0.717) is 38.0 Å². The zero-order chi connectivity index (χ0) is 27.5. The summed E-state index contributed by atoms with van der Waals surface area (Å²) in [5, 5.41) is 22.5. The first-order chi connectivity index (χ1) is 18.8. The van der Waals surface area contributed by atoms with Crippen LogP contribution in [0.1, 0.15) is 41.9 Å². The minimum atomic E-state index is -0.681. The third-order valence-electron chi connectivity index (χ3n) is 8.55. The van der Waals surface area contributed by atoms with Gasteiger partial charge in [-0.3, -0.25) is 4.79 Å². The number of nitrogens with zero attached hydrogens (tertiary/aromatic N) is 2. The number of aryl methyl sites for hydroxylation is 1. The van der Waals surface area contributed by atoms with Crippen molar-refractivity contribution < 1.29 is 23.8 Å². The van der Waals surface area contributed by atoms with E-state index >= 15 is 0 Å². The van der Waals surface area contributed by atoms with Gasteiger partial charge in [-0.15, -0.1) is 0 Å². The molecule has 5 rings (SSSR count). The maximum Gasteiger partial charge on any atom is 0.246 e. The molecule has 0 spiro atoms. The second-order valence-electron chi connectivity index (χ2n) is 11.1. The number of rotatable bonds is 7. The van der Waals surface area contributed by atoms with Crippen molar-refractivity contribution in [2.24, 2.45) is 11.8 Å². The fourth-order valence-electron chi connectivity index (χ4n) is 6.36. The van der Waals surface area contributed by atoms with E-state index in [1.165, 1.54) is 40.8 Å². The summed E-state index contributed by atoms with van der Waals surface area (Å²) in [6.07, 6.45) is 6.68. The van der Waals surface area contributed by atoms with Crippen LogP contribution in [0.3, 0.4) is 0 Å². The molecule has 3 atom stereocenters. The Morgan fingerprint density at radius 2 is 1.87 bits per heavy atom. The lowest BCUT2D eigenvalue weighted by atomic mass is 9.80. The van der Waals surface area contributed by atoms with Gasteiger partial charge >= 0.3 is 0 Å². The molecule has 2 fully saturated rings. The summed E-state index contributed by atoms with van der Waals surface area (Å²) < 4.78 is 26.8. The molecule has 1 aromatic heterocycles. The summed E-state index contributed by atoms with van der Waals surface area (Å²) in [7, 11) is 0. The highest BCUT2D eigenvalue weighted by molar-refractivity contribution is 5.91. The Bertz CT molecular complexity index is 1310. The van der Waals surface area contributed by atoms with Gasteiger partial charge in [0.05, 0.1) is 6.10 Å². The smallest absolute Gasteiger partial charge is 0.246 e. The monoisotopic (exact) mass is 537 g/mol. The molecule has 0 saturated carbocycles. The molecule has 3 N–H and O–H groups in total. The van der Waals surface area contributed by atoms with Gasteiger partial charge in [-0.2, -0.15) is 0 Å². The number of benzene rings is 2. The number of aliphatic hydroxyl groups is 2. The number of hydrogen-bond donors (Lipinski definition) is 3. The number of carbonyl (C=O) groups excluding carboxylic acids is 1. The number of H-pyrrole nitrogens is 1. The molecule has 1 unspecified atom stereocenters. The van der Waals surface area contributed by atoms with E-state index in [2.05, 4.69) is 41.2 Å². The molecule has 0 radical (unpaired) electrons. The average Bonchev–Trinajstić information content (AvgIpc) is 3.36. The van der Waals surface area contributed by atoms with Crippen molar-refractivity contribution in [2.75, 3.05) is 39.3 Å². The molecule has 1 amide bonds. The van der Waals surface area contributed by atoms with Crippen LogP contribution in [0.15, 0.2) is 48.7 Å². The second-order valence-corrected chi connectivity index (χ2v) is 11.1. The molecular weight excluding hydrogens is 500 g/mol. The Kier molecular flexibility index (Phi) is 8.45. The Morgan fingerprint density at radius 3 is 2.59 bits per heavy atom. The summed E-state index contributed by atoms with van der Waals surface area (Å²) in [6.45, 7) is 5.42. The van der Waals surface area contributed by atoms with Gasteiger partial charge in [0, 0.05) is 67.9 Å². The van der Waals surface area contributed by atoms with Crippen molar-refractivity contribution in [1.82, 2.24) is 14.8 Å². The van der Waals surface area contributed by atoms with Crippen LogP contribution in [0.2, 0.25) is 0 Å². The Labute approximate surface area is 227 Å². The van der Waals surface area contributed by atoms with Crippen molar-refractivity contribution in [3.63, 3.8) is 0 Å². The number of β-amino-alcohol motifs (C(OH)–C–C–N with tert-alkyl or cyclic N) is 1. The molecule has 2 aliphatic rings. The highest BCUT2D eigenvalue weighted by Crippen LogP contribution is 2.37. The zero-order valence-corrected chi connectivity index (χ0v) is 22.3. The van der Waals surface area contributed by atoms with Crippen LogP contribution < -0.4 is 0 Å². The van der Waals surface area contributed by atoms with Gasteiger partial charge in [0.1, 0.15) is 11.6 Å². The fraction of sp³-hybridized carbons (Fsp3) is 0.452. The van der Waals surface area contributed by atoms with Crippen molar-refractivity contribution in [1.29, 1.82) is 0 Å². The maximum absolute atomic E-state index is 13.4. The highest BCUT2D eigenvalue weighted by atomic mass is 19.1. The molecule has 0 bridgehead atoms. The topological polar surface area (TPSA) is 79.8 Å². The number of para-hydroxylation sites is 1. The van der Waals surface area contributed by atoms with Crippen LogP contribution in [-0.4, -0.2) is 76.3 Å². The van der Waals surface area contributed by atoms with Crippen LogP contribution in [0.5, 0.6) is 0 Å². The summed E-state index contributed by atoms with van der Waals surface area (Å²) in [5.74, 6) is -1.10. The number of nitrogens with one attached hydrogen (secondary N) is 1. The SMILES string of the molecule is Cc1cccc2c([C@@H]3CCN(CC(O)C4CCN(C(=O)/C=C/c5cc(F)cc(F)c5)CC4)C[C@H]3CO)c[nH]c12. The molecule has 3 aromatic rings. The molecule has 208 valence electrons. The number of fused-ring (bicyclic) bond motifs is 1. The number of halogens is 2. The van der Waals surface area contributed by atoms with Gasteiger partial charge in [0.25, 0.3) is 0 Å². The first-order valence-electron chi connectivity index (χ1n) is 13.8. The molecule has 3 heterocycles. The van der Waals surface area contributed by atoms with E-state index in [1.807, 2.05) is 0 Å². The third kappa shape index (κ3) is 6.24. The summed E-state index contributed by atoms with van der Waals surface area (Å²) in [5.41, 5.74) is 3.94. The minimum Gasteiger partial charge on any atom is -0.396 e. The van der Waals surface area contributed by atoms with E-state index in [0.717, 1.165) is 31.1 Å². The van der Waals surface area contributed by atoms with E-state index in [-0.39, 0.29) is 30.3 Å². The Morgan fingerprint density at radius 1 is 1.13 bits per heavy atom. The highest BCUT2D eigenvalue weighted by Gasteiger charge is 2.34. The normalized spacial score (nSPS) is 22.1. The van der Waals surface area contributed by atoms with Gasteiger partial charge < -0.3 is 25.0 Å². The number of carbonyl (C=O) groups is 1. The molecule has 2 aromatic carbocycles. The Balaban J connectivity index is 1.12. The van der Waals surface area contributed by atoms with Gasteiger partial charge in [-0.25, -0.2) is 8.78 Å². The third-order valence-corrected chi connectivity index (χ3v) is 8.55. The van der Waals surface area contributed by atoms with Crippen molar-refractivity contribution in [2.45, 2.75) is 38.2 Å². The van der Waals surface area contributed by atoms with Crippen molar-refractivity contribution >= 4 is 22.9 Å². The van der Waals surface area contributed by atoms with Crippen LogP contribution in [-0.2, 0) is 4.79 Å². The lowest BCUT2D eigenvalue weighted by Gasteiger charge is -2.40. The van der Waals surface area contributed by atoms with E-state index in [4.69, 9.17) is 0 Å². The average molecular weight is 538 g/mol. The van der Waals surface area contributed by atoms with Gasteiger partial charge in [-0.1, -0.05) is 18.2 Å². The minimum absolute atomic E-state index is 0.0947. The van der Waals surface area contributed by atoms with Gasteiger partial charge in [0.15, 0.2) is 0 Å². The van der Waals surface area contributed by atoms with Crippen LogP contribution in [0.4, 0.5) is 8.78 Å². The number of aliphatic hydroxyl groups excluding tert-OH is 2. The van der Waals surface area contributed by atoms with Gasteiger partial charge in [-0.05, 0) is 79.5 Å². The number of hydrogen-bond acceptors (Lipinski definition) is 4. The Hall–Kier alpha value is -3.07. The van der Waals surface area contributed by atoms with E-state index < -0.39 is 17.7 Å². The molecular formula is C31H37F2N3O3. The molecule has 2 aliphatic heterocycles. The molecule has 6 nitrogen and oxygen atoms in total. The van der Waals surface area contributed by atoms with Crippen LogP contribution in [0.25, 0.3) is 17.0 Å². The first-order valence-corrected chi connectivity index (χ1v) is 13.8. The van der Waals surface area contributed by atoms with Gasteiger partial charge in [0.2, 0.25) is 5.91 Å². The predicted octanol–water partition coefficient (Wildman–Crippen LogP) is 4.47. The second kappa shape index (κ2) is 12.0. The summed E-state index contributed by atoms with van der Waals surface area (Å²) in [4.78, 5) is 20.0. The predicted molar refractivity (Wildman–Crippen MR) is 148 cm³/mol. The number of aromatic amines is 1. The van der Waals surface area contributed by atoms with Crippen LogP contribution in [0, 0.1) is 30.4 Å². The number of likely N-dealkylation sites (tertiary alicyclic amines) is 2. The van der Waals surface area contributed by atoms with E-state index in [9.17, 15) is 23.8 Å².